The van der Waals surface area contributed by atoms with Gasteiger partial charge in [-0.25, -0.2) is 0 Å². The van der Waals surface area contributed by atoms with Gasteiger partial charge >= 0.3 is 0 Å². The second kappa shape index (κ2) is 6.36. The Morgan fingerprint density at radius 3 is 3.00 bits per heavy atom. The maximum Gasteiger partial charge on any atom is 0.237 e. The van der Waals surface area contributed by atoms with E-state index in [-0.39, 0.29) is 11.2 Å². The molecule has 0 saturated carbocycles. The second-order valence-corrected chi connectivity index (χ2v) is 6.45. The van der Waals surface area contributed by atoms with Crippen LogP contribution in [0.5, 0.6) is 0 Å². The fourth-order valence-electron chi connectivity index (χ4n) is 1.38. The molecule has 0 saturated heterocycles. The van der Waals surface area contributed by atoms with Gasteiger partial charge in [0.2, 0.25) is 11.0 Å². The lowest BCUT2D eigenvalue weighted by Crippen LogP contribution is -2.22. The van der Waals surface area contributed by atoms with Gasteiger partial charge < -0.3 is 11.1 Å². The summed E-state index contributed by atoms with van der Waals surface area (Å²) in [7, 11) is 0. The van der Waals surface area contributed by atoms with Crippen LogP contribution in [-0.2, 0) is 4.79 Å². The normalized spacial score (nSPS) is 11.6. The third-order valence-corrected chi connectivity index (χ3v) is 4.26. The molecule has 0 aliphatic rings. The van der Waals surface area contributed by atoms with Crippen molar-refractivity contribution in [1.82, 2.24) is 10.2 Å². The van der Waals surface area contributed by atoms with Gasteiger partial charge in [0.05, 0.1) is 16.9 Å². The summed E-state index contributed by atoms with van der Waals surface area (Å²) in [6.07, 6.45) is 0. The van der Waals surface area contributed by atoms with E-state index in [4.69, 9.17) is 11.0 Å². The lowest BCUT2D eigenvalue weighted by molar-refractivity contribution is -0.115. The summed E-state index contributed by atoms with van der Waals surface area (Å²) in [4.78, 5) is 12.0. The second-order valence-electron chi connectivity index (χ2n) is 3.85. The summed E-state index contributed by atoms with van der Waals surface area (Å²) in [5.41, 5.74) is 6.58. The van der Waals surface area contributed by atoms with Crippen molar-refractivity contribution >= 4 is 39.8 Å². The summed E-state index contributed by atoms with van der Waals surface area (Å²) in [6.45, 7) is 1.77. The molecule has 0 aliphatic carbocycles. The molecule has 1 aromatic heterocycles. The van der Waals surface area contributed by atoms with E-state index < -0.39 is 0 Å². The highest BCUT2D eigenvalue weighted by atomic mass is 32.2. The highest BCUT2D eigenvalue weighted by molar-refractivity contribution is 8.02. The van der Waals surface area contributed by atoms with Gasteiger partial charge in [-0.1, -0.05) is 29.2 Å². The molecule has 1 atom stereocenters. The van der Waals surface area contributed by atoms with Crippen LogP contribution in [0.4, 0.5) is 10.8 Å². The number of benzene rings is 1. The molecule has 2 aromatic rings. The smallest absolute Gasteiger partial charge is 0.237 e. The molecular formula is C12H11N5OS2. The molecule has 0 bridgehead atoms. The first kappa shape index (κ1) is 14.3. The van der Waals surface area contributed by atoms with E-state index in [1.807, 2.05) is 6.07 Å². The highest BCUT2D eigenvalue weighted by Crippen LogP contribution is 2.28. The summed E-state index contributed by atoms with van der Waals surface area (Å²) in [6, 6.07) is 8.78. The van der Waals surface area contributed by atoms with Gasteiger partial charge in [0.15, 0.2) is 4.34 Å². The Balaban J connectivity index is 1.98. The van der Waals surface area contributed by atoms with Crippen molar-refractivity contribution < 1.29 is 4.79 Å². The predicted molar refractivity (Wildman–Crippen MR) is 79.4 cm³/mol. The predicted octanol–water partition coefficient (Wildman–Crippen LogP) is 2.11. The molecule has 0 aliphatic heterocycles. The fraction of sp³-hybridized carbons (Fsp3) is 0.167. The molecule has 20 heavy (non-hydrogen) atoms. The molecular weight excluding hydrogens is 294 g/mol. The van der Waals surface area contributed by atoms with E-state index in [0.717, 1.165) is 0 Å². The van der Waals surface area contributed by atoms with Gasteiger partial charge in [0.25, 0.3) is 0 Å². The zero-order chi connectivity index (χ0) is 14.5. The molecule has 0 radical (unpaired) electrons. The van der Waals surface area contributed by atoms with Gasteiger partial charge in [-0.15, -0.1) is 10.2 Å². The van der Waals surface area contributed by atoms with E-state index in [1.54, 1.807) is 31.2 Å². The number of nitrogens with one attached hydrogen (secondary N) is 1. The van der Waals surface area contributed by atoms with Crippen LogP contribution in [0, 0.1) is 11.3 Å². The number of hydrogen-bond acceptors (Lipinski definition) is 7. The minimum absolute atomic E-state index is 0.168. The molecule has 0 fully saturated rings. The standard InChI is InChI=1S/C12H11N5OS2/c1-7(19-12-17-16-11(14)20-12)10(18)15-9-4-2-3-8(5-9)6-13/h2-5,7H,1H3,(H2,14,16)(H,15,18)/t7-/m1/s1. The molecule has 3 N–H and O–H groups in total. The van der Waals surface area contributed by atoms with Crippen molar-refractivity contribution in [2.45, 2.75) is 16.5 Å². The van der Waals surface area contributed by atoms with Crippen LogP contribution in [0.1, 0.15) is 12.5 Å². The van der Waals surface area contributed by atoms with Gasteiger partial charge in [-0.3, -0.25) is 4.79 Å². The zero-order valence-electron chi connectivity index (χ0n) is 10.5. The van der Waals surface area contributed by atoms with E-state index in [0.29, 0.717) is 20.7 Å². The van der Waals surface area contributed by atoms with E-state index in [1.165, 1.54) is 23.1 Å². The van der Waals surface area contributed by atoms with Gasteiger partial charge in [0, 0.05) is 5.69 Å². The Bertz CT molecular complexity index is 664. The quantitative estimate of drug-likeness (QED) is 0.838. The van der Waals surface area contributed by atoms with Crippen LogP contribution in [-0.4, -0.2) is 21.4 Å². The highest BCUT2D eigenvalue weighted by Gasteiger charge is 2.17. The summed E-state index contributed by atoms with van der Waals surface area (Å²) in [5, 5.41) is 19.2. The SMILES string of the molecule is C[C@@H](Sc1nnc(N)s1)C(=O)Nc1cccc(C#N)c1. The number of nitriles is 1. The fourth-order valence-corrected chi connectivity index (χ4v) is 3.16. The molecule has 2 rings (SSSR count). The first-order valence-electron chi connectivity index (χ1n) is 5.65. The average molecular weight is 305 g/mol. The number of aromatic nitrogens is 2. The lowest BCUT2D eigenvalue weighted by atomic mass is 10.2. The van der Waals surface area contributed by atoms with E-state index >= 15 is 0 Å². The molecule has 8 heteroatoms. The number of nitrogens with two attached hydrogens (primary N) is 1. The molecule has 6 nitrogen and oxygen atoms in total. The van der Waals surface area contributed by atoms with Crippen LogP contribution in [0.15, 0.2) is 28.6 Å². The maximum atomic E-state index is 12.0. The summed E-state index contributed by atoms with van der Waals surface area (Å²) >= 11 is 2.53. The van der Waals surface area contributed by atoms with Crippen LogP contribution >= 0.6 is 23.1 Å². The first-order chi connectivity index (χ1) is 9.58. The lowest BCUT2D eigenvalue weighted by Gasteiger charge is -2.10. The number of hydrogen-bond donors (Lipinski definition) is 2. The number of carbonyl (C=O) groups is 1. The monoisotopic (exact) mass is 305 g/mol. The number of carbonyl (C=O) groups excluding carboxylic acids is 1. The van der Waals surface area contributed by atoms with Crippen molar-refractivity contribution in [3.05, 3.63) is 29.8 Å². The Morgan fingerprint density at radius 1 is 1.55 bits per heavy atom. The Labute approximate surface area is 124 Å². The Kier molecular flexibility index (Phi) is 4.55. The maximum absolute atomic E-state index is 12.0. The largest absolute Gasteiger partial charge is 0.374 e. The van der Waals surface area contributed by atoms with Crippen LogP contribution in [0.3, 0.4) is 0 Å². The summed E-state index contributed by atoms with van der Waals surface area (Å²) < 4.78 is 0.649. The molecule has 1 heterocycles. The third kappa shape index (κ3) is 3.69. The van der Waals surface area contributed by atoms with Gasteiger partial charge in [-0.05, 0) is 25.1 Å². The number of nitrogens with zero attached hydrogens (tertiary/aromatic N) is 3. The zero-order valence-corrected chi connectivity index (χ0v) is 12.2. The molecule has 1 aromatic carbocycles. The minimum atomic E-state index is -0.340. The van der Waals surface area contributed by atoms with Crippen molar-refractivity contribution in [3.63, 3.8) is 0 Å². The Hall–Kier alpha value is -2.11. The number of anilines is 2. The minimum Gasteiger partial charge on any atom is -0.374 e. The van der Waals surface area contributed by atoms with Crippen molar-refractivity contribution in [2.24, 2.45) is 0 Å². The first-order valence-corrected chi connectivity index (χ1v) is 7.35. The third-order valence-electron chi connectivity index (χ3n) is 2.33. The number of amides is 1. The number of rotatable bonds is 4. The Morgan fingerprint density at radius 2 is 2.35 bits per heavy atom. The van der Waals surface area contributed by atoms with Gasteiger partial charge in [0.1, 0.15) is 0 Å². The van der Waals surface area contributed by atoms with E-state index in [2.05, 4.69) is 15.5 Å². The average Bonchev–Trinajstić information content (AvgIpc) is 2.84. The van der Waals surface area contributed by atoms with E-state index in [9.17, 15) is 4.79 Å². The molecule has 102 valence electrons. The van der Waals surface area contributed by atoms with Crippen LogP contribution < -0.4 is 11.1 Å². The van der Waals surface area contributed by atoms with Crippen molar-refractivity contribution in [1.29, 1.82) is 5.26 Å². The topological polar surface area (TPSA) is 105 Å². The van der Waals surface area contributed by atoms with Crippen LogP contribution in [0.2, 0.25) is 0 Å². The van der Waals surface area contributed by atoms with Crippen molar-refractivity contribution in [3.8, 4) is 6.07 Å². The number of nitrogen functional groups attached to an aromatic ring is 1. The summed E-state index contributed by atoms with van der Waals surface area (Å²) in [5.74, 6) is -0.168. The number of thioether (sulfide) groups is 1. The molecule has 1 amide bonds. The van der Waals surface area contributed by atoms with Gasteiger partial charge in [-0.2, -0.15) is 5.26 Å². The van der Waals surface area contributed by atoms with Crippen molar-refractivity contribution in [2.75, 3.05) is 11.1 Å². The molecule has 0 spiro atoms. The molecule has 0 unspecified atom stereocenters. The van der Waals surface area contributed by atoms with Crippen LogP contribution in [0.25, 0.3) is 0 Å².